The number of hydrogen-bond acceptors (Lipinski definition) is 2. The summed E-state index contributed by atoms with van der Waals surface area (Å²) in [4.78, 5) is 9.51. The van der Waals surface area contributed by atoms with Crippen LogP contribution in [0.3, 0.4) is 0 Å². The molecule has 0 aromatic heterocycles. The van der Waals surface area contributed by atoms with Crippen LogP contribution >= 0.6 is 12.6 Å². The number of carbonyl (C=O) groups is 1. The van der Waals surface area contributed by atoms with Crippen molar-refractivity contribution in [3.05, 3.63) is 0 Å². The minimum atomic E-state index is -0.988. The van der Waals surface area contributed by atoms with Gasteiger partial charge in [-0.15, -0.1) is 0 Å². The second-order valence-corrected chi connectivity index (χ2v) is 2.82. The van der Waals surface area contributed by atoms with Crippen molar-refractivity contribution < 1.29 is 9.90 Å². The van der Waals surface area contributed by atoms with Crippen molar-refractivity contribution in [2.45, 2.75) is 17.7 Å². The maximum absolute atomic E-state index is 9.89. The van der Waals surface area contributed by atoms with Crippen LogP contribution in [0.25, 0.3) is 0 Å². The SMILES string of the molecule is O=C(O)NC1(S)CC1. The van der Waals surface area contributed by atoms with E-state index in [1.807, 2.05) is 0 Å². The Hall–Kier alpha value is -0.380. The summed E-state index contributed by atoms with van der Waals surface area (Å²) in [5.41, 5.74) is 0. The third kappa shape index (κ3) is 1.30. The molecule has 0 radical (unpaired) electrons. The standard InChI is InChI=1S/C4H7NO2S/c6-3(7)5-4(8)1-2-4/h5,8H,1-2H2,(H,6,7). The van der Waals surface area contributed by atoms with Crippen LogP contribution in [0.4, 0.5) is 4.79 Å². The molecular weight excluding hydrogens is 126 g/mol. The van der Waals surface area contributed by atoms with Gasteiger partial charge in [0.05, 0.1) is 4.87 Å². The zero-order valence-corrected chi connectivity index (χ0v) is 5.11. The fourth-order valence-corrected chi connectivity index (χ4v) is 0.650. The average Bonchev–Trinajstić information content (AvgIpc) is 2.17. The van der Waals surface area contributed by atoms with Crippen LogP contribution < -0.4 is 5.32 Å². The molecule has 2 N–H and O–H groups in total. The van der Waals surface area contributed by atoms with Crippen LogP contribution in [0.5, 0.6) is 0 Å². The smallest absolute Gasteiger partial charge is 0.405 e. The van der Waals surface area contributed by atoms with Crippen LogP contribution in [0.15, 0.2) is 0 Å². The average molecular weight is 133 g/mol. The highest BCUT2D eigenvalue weighted by Gasteiger charge is 2.40. The van der Waals surface area contributed by atoms with E-state index in [0.717, 1.165) is 12.8 Å². The highest BCUT2D eigenvalue weighted by molar-refractivity contribution is 7.82. The normalized spacial score (nSPS) is 22.1. The van der Waals surface area contributed by atoms with Gasteiger partial charge in [0.15, 0.2) is 0 Å². The van der Waals surface area contributed by atoms with Gasteiger partial charge in [-0.05, 0) is 12.8 Å². The first-order valence-corrected chi connectivity index (χ1v) is 2.81. The molecule has 1 rings (SSSR count). The van der Waals surface area contributed by atoms with Crippen molar-refractivity contribution in [1.82, 2.24) is 5.32 Å². The molecule has 8 heavy (non-hydrogen) atoms. The molecule has 0 bridgehead atoms. The molecule has 0 heterocycles. The molecule has 4 heteroatoms. The zero-order chi connectivity index (χ0) is 6.20. The van der Waals surface area contributed by atoms with Crippen LogP contribution in [0, 0.1) is 0 Å². The molecule has 1 fully saturated rings. The molecule has 1 amide bonds. The maximum Gasteiger partial charge on any atom is 0.405 e. The van der Waals surface area contributed by atoms with E-state index in [2.05, 4.69) is 17.9 Å². The topological polar surface area (TPSA) is 49.3 Å². The molecule has 0 unspecified atom stereocenters. The van der Waals surface area contributed by atoms with Gasteiger partial charge in [0.1, 0.15) is 0 Å². The summed E-state index contributed by atoms with van der Waals surface area (Å²) in [7, 11) is 0. The fraction of sp³-hybridized carbons (Fsp3) is 0.750. The van der Waals surface area contributed by atoms with Gasteiger partial charge in [-0.1, -0.05) is 0 Å². The van der Waals surface area contributed by atoms with Gasteiger partial charge in [0, 0.05) is 0 Å². The molecule has 0 spiro atoms. The molecular formula is C4H7NO2S. The van der Waals surface area contributed by atoms with Crippen molar-refractivity contribution in [3.63, 3.8) is 0 Å². The fourth-order valence-electron chi connectivity index (χ4n) is 0.442. The Morgan fingerprint density at radius 1 is 1.75 bits per heavy atom. The number of hydrogen-bond donors (Lipinski definition) is 3. The highest BCUT2D eigenvalue weighted by atomic mass is 32.1. The van der Waals surface area contributed by atoms with E-state index in [-0.39, 0.29) is 4.87 Å². The minimum Gasteiger partial charge on any atom is -0.465 e. The van der Waals surface area contributed by atoms with Crippen molar-refractivity contribution in [3.8, 4) is 0 Å². The Morgan fingerprint density at radius 2 is 2.25 bits per heavy atom. The first kappa shape index (κ1) is 5.75. The second-order valence-electron chi connectivity index (χ2n) is 1.96. The predicted molar refractivity (Wildman–Crippen MR) is 32.1 cm³/mol. The van der Waals surface area contributed by atoms with Gasteiger partial charge in [-0.3, -0.25) is 0 Å². The van der Waals surface area contributed by atoms with Gasteiger partial charge in [-0.25, -0.2) is 4.79 Å². The molecule has 1 aliphatic carbocycles. The first-order valence-electron chi connectivity index (χ1n) is 2.36. The van der Waals surface area contributed by atoms with Gasteiger partial charge in [-0.2, -0.15) is 12.6 Å². The first-order chi connectivity index (χ1) is 3.62. The second kappa shape index (κ2) is 1.55. The summed E-state index contributed by atoms with van der Waals surface area (Å²) in [5, 5.41) is 10.4. The largest absolute Gasteiger partial charge is 0.465 e. The molecule has 46 valence electrons. The van der Waals surface area contributed by atoms with Crippen molar-refractivity contribution in [1.29, 1.82) is 0 Å². The lowest BCUT2D eigenvalue weighted by Gasteiger charge is -2.03. The van der Waals surface area contributed by atoms with E-state index in [9.17, 15) is 4.79 Å². The highest BCUT2D eigenvalue weighted by Crippen LogP contribution is 2.38. The maximum atomic E-state index is 9.89. The third-order valence-electron chi connectivity index (χ3n) is 1.06. The predicted octanol–water partition coefficient (Wildman–Crippen LogP) is 0.674. The molecule has 0 aromatic rings. The Balaban J connectivity index is 2.29. The van der Waals surface area contributed by atoms with Crippen molar-refractivity contribution in [2.75, 3.05) is 0 Å². The van der Waals surface area contributed by atoms with Crippen LogP contribution in [-0.2, 0) is 0 Å². The molecule has 3 nitrogen and oxygen atoms in total. The molecule has 0 atom stereocenters. The summed E-state index contributed by atoms with van der Waals surface area (Å²) >= 11 is 4.01. The number of nitrogens with one attached hydrogen (secondary N) is 1. The Labute approximate surface area is 52.5 Å². The molecule has 0 aromatic carbocycles. The number of amides is 1. The van der Waals surface area contributed by atoms with E-state index >= 15 is 0 Å². The number of carboxylic acid groups (broad SMARTS) is 1. The lowest BCUT2D eigenvalue weighted by Crippen LogP contribution is -2.30. The van der Waals surface area contributed by atoms with E-state index in [1.165, 1.54) is 0 Å². The number of thiol groups is 1. The van der Waals surface area contributed by atoms with E-state index < -0.39 is 6.09 Å². The van der Waals surface area contributed by atoms with Gasteiger partial charge >= 0.3 is 6.09 Å². The summed E-state index contributed by atoms with van der Waals surface area (Å²) in [6.07, 6.45) is 0.711. The zero-order valence-electron chi connectivity index (χ0n) is 4.22. The molecule has 1 saturated carbocycles. The minimum absolute atomic E-state index is 0.383. The van der Waals surface area contributed by atoms with E-state index in [1.54, 1.807) is 0 Å². The molecule has 1 aliphatic rings. The quantitative estimate of drug-likeness (QED) is 0.364. The molecule has 0 aliphatic heterocycles. The van der Waals surface area contributed by atoms with Crippen LogP contribution in [0.2, 0.25) is 0 Å². The van der Waals surface area contributed by atoms with Crippen LogP contribution in [-0.4, -0.2) is 16.1 Å². The van der Waals surface area contributed by atoms with Crippen molar-refractivity contribution >= 4 is 18.7 Å². The van der Waals surface area contributed by atoms with E-state index in [4.69, 9.17) is 5.11 Å². The Kier molecular flexibility index (Phi) is 1.11. The Bertz CT molecular complexity index is 121. The summed E-state index contributed by atoms with van der Waals surface area (Å²) in [5.74, 6) is 0. The summed E-state index contributed by atoms with van der Waals surface area (Å²) in [6.45, 7) is 0. The Morgan fingerprint density at radius 3 is 2.38 bits per heavy atom. The van der Waals surface area contributed by atoms with E-state index in [0.29, 0.717) is 0 Å². The van der Waals surface area contributed by atoms with Crippen molar-refractivity contribution in [2.24, 2.45) is 0 Å². The van der Waals surface area contributed by atoms with Crippen LogP contribution in [0.1, 0.15) is 12.8 Å². The summed E-state index contributed by atoms with van der Waals surface area (Å²) in [6, 6.07) is 0. The molecule has 0 saturated heterocycles. The number of rotatable bonds is 1. The monoisotopic (exact) mass is 133 g/mol. The van der Waals surface area contributed by atoms with Gasteiger partial charge in [0.25, 0.3) is 0 Å². The third-order valence-corrected chi connectivity index (χ3v) is 1.62. The lowest BCUT2D eigenvalue weighted by molar-refractivity contribution is 0.193. The van der Waals surface area contributed by atoms with Gasteiger partial charge in [0.2, 0.25) is 0 Å². The summed E-state index contributed by atoms with van der Waals surface area (Å²) < 4.78 is 0. The van der Waals surface area contributed by atoms with Gasteiger partial charge < -0.3 is 10.4 Å². The lowest BCUT2D eigenvalue weighted by atomic mass is 10.7.